The Bertz CT molecular complexity index is 639. The van der Waals surface area contributed by atoms with Crippen molar-refractivity contribution in [2.24, 2.45) is 0 Å². The first-order valence-electron chi connectivity index (χ1n) is 6.29. The number of benzene rings is 2. The van der Waals surface area contributed by atoms with Crippen LogP contribution in [0.2, 0.25) is 5.02 Å². The van der Waals surface area contributed by atoms with E-state index in [1.54, 1.807) is 12.1 Å². The maximum absolute atomic E-state index is 14.2. The summed E-state index contributed by atoms with van der Waals surface area (Å²) < 4.78 is 24.5. The van der Waals surface area contributed by atoms with Gasteiger partial charge in [0.2, 0.25) is 0 Å². The molecule has 0 aliphatic heterocycles. The Hall–Kier alpha value is -1.45. The van der Waals surface area contributed by atoms with Gasteiger partial charge in [-0.1, -0.05) is 17.7 Å². The minimum atomic E-state index is -0.665. The summed E-state index contributed by atoms with van der Waals surface area (Å²) >= 11 is 12.4. The van der Waals surface area contributed by atoms with Gasteiger partial charge < -0.3 is 9.47 Å². The maximum Gasteiger partial charge on any atom is 0.163 e. The van der Waals surface area contributed by atoms with Crippen LogP contribution < -0.4 is 9.47 Å². The van der Waals surface area contributed by atoms with Crippen LogP contribution in [-0.4, -0.2) is 14.2 Å². The van der Waals surface area contributed by atoms with Crippen molar-refractivity contribution in [2.45, 2.75) is 12.3 Å². The monoisotopic (exact) mass is 328 g/mol. The van der Waals surface area contributed by atoms with Crippen molar-refractivity contribution in [3.05, 3.63) is 57.9 Å². The van der Waals surface area contributed by atoms with E-state index in [4.69, 9.17) is 32.7 Å². The number of hydrogen-bond acceptors (Lipinski definition) is 2. The fraction of sp³-hybridized carbons (Fsp3) is 0.250. The molecule has 2 nitrogen and oxygen atoms in total. The minimum absolute atomic E-state index is 0.316. The summed E-state index contributed by atoms with van der Waals surface area (Å²) in [6.07, 6.45) is 0. The highest BCUT2D eigenvalue weighted by Gasteiger charge is 2.19. The predicted octanol–water partition coefficient (Wildman–Crippen LogP) is 5.13. The van der Waals surface area contributed by atoms with Gasteiger partial charge >= 0.3 is 0 Å². The zero-order valence-electron chi connectivity index (χ0n) is 11.9. The van der Waals surface area contributed by atoms with Gasteiger partial charge in [0.1, 0.15) is 5.82 Å². The highest BCUT2D eigenvalue weighted by atomic mass is 35.5. The molecule has 2 aromatic carbocycles. The molecule has 5 heteroatoms. The quantitative estimate of drug-likeness (QED) is 0.724. The SMILES string of the molecule is COc1cc(F)c(C(Cl)c2cc(C)cc(Cl)c2)cc1OC. The number of methoxy groups -OCH3 is 2. The first kappa shape index (κ1) is 15.9. The van der Waals surface area contributed by atoms with Gasteiger partial charge in [-0.2, -0.15) is 0 Å². The van der Waals surface area contributed by atoms with Gasteiger partial charge in [0, 0.05) is 16.7 Å². The molecule has 0 saturated heterocycles. The highest BCUT2D eigenvalue weighted by Crippen LogP contribution is 2.38. The van der Waals surface area contributed by atoms with E-state index in [-0.39, 0.29) is 0 Å². The summed E-state index contributed by atoms with van der Waals surface area (Å²) in [5, 5.41) is -0.0984. The molecule has 0 amide bonds. The van der Waals surface area contributed by atoms with Crippen LogP contribution in [0.15, 0.2) is 30.3 Å². The van der Waals surface area contributed by atoms with Crippen molar-refractivity contribution < 1.29 is 13.9 Å². The lowest BCUT2D eigenvalue weighted by Gasteiger charge is -2.16. The van der Waals surface area contributed by atoms with Crippen LogP contribution in [0.4, 0.5) is 4.39 Å². The highest BCUT2D eigenvalue weighted by molar-refractivity contribution is 6.31. The molecule has 0 aromatic heterocycles. The molecule has 0 bridgehead atoms. The van der Waals surface area contributed by atoms with Gasteiger partial charge in [0.05, 0.1) is 19.6 Å². The van der Waals surface area contributed by atoms with Crippen molar-refractivity contribution in [3.8, 4) is 11.5 Å². The average molecular weight is 329 g/mol. The fourth-order valence-corrected chi connectivity index (χ4v) is 2.75. The topological polar surface area (TPSA) is 18.5 Å². The van der Waals surface area contributed by atoms with Crippen molar-refractivity contribution >= 4 is 23.2 Å². The molecule has 21 heavy (non-hydrogen) atoms. The smallest absolute Gasteiger partial charge is 0.163 e. The van der Waals surface area contributed by atoms with E-state index in [9.17, 15) is 4.39 Å². The normalized spacial score (nSPS) is 12.1. The number of halogens is 3. The molecular formula is C16H15Cl2FO2. The van der Waals surface area contributed by atoms with E-state index < -0.39 is 11.2 Å². The van der Waals surface area contributed by atoms with Gasteiger partial charge in [-0.05, 0) is 36.2 Å². The summed E-state index contributed by atoms with van der Waals surface area (Å²) in [7, 11) is 2.95. The second-order valence-electron chi connectivity index (χ2n) is 4.65. The number of alkyl halides is 1. The Kier molecular flexibility index (Phi) is 4.96. The molecule has 0 N–H and O–H groups in total. The van der Waals surface area contributed by atoms with E-state index >= 15 is 0 Å². The van der Waals surface area contributed by atoms with Crippen molar-refractivity contribution in [2.75, 3.05) is 14.2 Å². The molecule has 2 aromatic rings. The lowest BCUT2D eigenvalue weighted by atomic mass is 10.0. The molecule has 1 unspecified atom stereocenters. The molecule has 2 rings (SSSR count). The van der Waals surface area contributed by atoms with Crippen molar-refractivity contribution in [3.63, 3.8) is 0 Å². The predicted molar refractivity (Wildman–Crippen MR) is 83.4 cm³/mol. The van der Waals surface area contributed by atoms with Gasteiger partial charge in [0.15, 0.2) is 11.5 Å². The van der Waals surface area contributed by atoms with Crippen LogP contribution in [0.25, 0.3) is 0 Å². The fourth-order valence-electron chi connectivity index (χ4n) is 2.15. The Balaban J connectivity index is 2.49. The third-order valence-corrected chi connectivity index (χ3v) is 3.84. The second-order valence-corrected chi connectivity index (χ2v) is 5.53. The maximum atomic E-state index is 14.2. The summed E-state index contributed by atoms with van der Waals surface area (Å²) in [4.78, 5) is 0. The zero-order valence-corrected chi connectivity index (χ0v) is 13.4. The van der Waals surface area contributed by atoms with Gasteiger partial charge in [-0.15, -0.1) is 11.6 Å². The van der Waals surface area contributed by atoms with Crippen LogP contribution in [0, 0.1) is 12.7 Å². The summed E-state index contributed by atoms with van der Waals surface area (Å²) in [5.74, 6) is 0.300. The molecule has 112 valence electrons. The Morgan fingerprint density at radius 2 is 1.62 bits per heavy atom. The molecule has 0 aliphatic rings. The molecule has 0 radical (unpaired) electrons. The second kappa shape index (κ2) is 6.54. The third kappa shape index (κ3) is 3.42. The molecule has 0 saturated carbocycles. The summed E-state index contributed by atoms with van der Waals surface area (Å²) in [5.41, 5.74) is 2.01. The van der Waals surface area contributed by atoms with E-state index in [1.165, 1.54) is 20.3 Å². The minimum Gasteiger partial charge on any atom is -0.493 e. The van der Waals surface area contributed by atoms with E-state index in [0.717, 1.165) is 11.1 Å². The number of aryl methyl sites for hydroxylation is 1. The lowest BCUT2D eigenvalue weighted by Crippen LogP contribution is -2.01. The number of ether oxygens (including phenoxy) is 2. The van der Waals surface area contributed by atoms with Crippen LogP contribution >= 0.6 is 23.2 Å². The van der Waals surface area contributed by atoms with E-state index in [0.29, 0.717) is 22.1 Å². The number of rotatable bonds is 4. The third-order valence-electron chi connectivity index (χ3n) is 3.13. The molecule has 0 spiro atoms. The first-order chi connectivity index (χ1) is 9.96. The van der Waals surface area contributed by atoms with Crippen LogP contribution in [-0.2, 0) is 0 Å². The Morgan fingerprint density at radius 1 is 1.00 bits per heavy atom. The summed E-state index contributed by atoms with van der Waals surface area (Å²) in [6, 6.07) is 8.23. The Morgan fingerprint density at radius 3 is 2.19 bits per heavy atom. The molecule has 1 atom stereocenters. The average Bonchev–Trinajstić information content (AvgIpc) is 2.45. The van der Waals surface area contributed by atoms with Crippen molar-refractivity contribution in [1.82, 2.24) is 0 Å². The first-order valence-corrected chi connectivity index (χ1v) is 7.10. The molecule has 0 aliphatic carbocycles. The van der Waals surface area contributed by atoms with Crippen LogP contribution in [0.1, 0.15) is 22.1 Å². The molecular weight excluding hydrogens is 314 g/mol. The molecule has 0 heterocycles. The van der Waals surface area contributed by atoms with E-state index in [1.807, 2.05) is 19.1 Å². The largest absolute Gasteiger partial charge is 0.493 e. The van der Waals surface area contributed by atoms with Gasteiger partial charge in [0.25, 0.3) is 0 Å². The van der Waals surface area contributed by atoms with Crippen LogP contribution in [0.3, 0.4) is 0 Å². The van der Waals surface area contributed by atoms with E-state index in [2.05, 4.69) is 0 Å². The zero-order chi connectivity index (χ0) is 15.6. The summed E-state index contributed by atoms with van der Waals surface area (Å²) in [6.45, 7) is 1.91. The standard InChI is InChI=1S/C16H15Cl2FO2/c1-9-4-10(6-11(17)5-9)16(18)12-7-14(20-2)15(21-3)8-13(12)19/h4-8,16H,1-3H3. The van der Waals surface area contributed by atoms with Gasteiger partial charge in [-0.3, -0.25) is 0 Å². The van der Waals surface area contributed by atoms with Crippen molar-refractivity contribution in [1.29, 1.82) is 0 Å². The Labute approximate surface area is 133 Å². The molecule has 0 fully saturated rings. The van der Waals surface area contributed by atoms with Crippen LogP contribution in [0.5, 0.6) is 11.5 Å². The lowest BCUT2D eigenvalue weighted by molar-refractivity contribution is 0.351. The number of hydrogen-bond donors (Lipinski definition) is 0. The van der Waals surface area contributed by atoms with Gasteiger partial charge in [-0.25, -0.2) is 4.39 Å².